The number of halogens is 1. The second kappa shape index (κ2) is 4.96. The van der Waals surface area contributed by atoms with Crippen molar-refractivity contribution in [1.29, 1.82) is 0 Å². The molecule has 3 heteroatoms. The largest absolute Gasteiger partial charge is 1.00 e. The number of hydrogen-bond acceptors (Lipinski definition) is 1. The molecule has 0 aromatic heterocycles. The molecule has 50 valence electrons. The van der Waals surface area contributed by atoms with E-state index in [1.165, 1.54) is 9.26 Å². The standard InChI is InChI=1S/C7H8N.ClH.Mg/c8-6-7-4-2-1-3-5-7;;/h1-2,4-5H,6,8H2;1H;/q;;+1/p-1. The molecule has 0 aliphatic rings. The van der Waals surface area contributed by atoms with Crippen molar-refractivity contribution in [3.05, 3.63) is 29.8 Å². The van der Waals surface area contributed by atoms with Crippen LogP contribution in [0.3, 0.4) is 0 Å². The van der Waals surface area contributed by atoms with E-state index in [1.54, 1.807) is 0 Å². The van der Waals surface area contributed by atoms with Gasteiger partial charge in [-0.2, -0.15) is 0 Å². The van der Waals surface area contributed by atoms with Gasteiger partial charge < -0.3 is 12.4 Å². The molecule has 0 bridgehead atoms. The minimum Gasteiger partial charge on any atom is -1.00 e. The van der Waals surface area contributed by atoms with Crippen LogP contribution >= 0.6 is 0 Å². The Morgan fingerprint density at radius 1 is 1.40 bits per heavy atom. The first-order chi connectivity index (χ1) is 4.33. The van der Waals surface area contributed by atoms with Crippen LogP contribution in [0.15, 0.2) is 24.3 Å². The molecule has 0 saturated heterocycles. The topological polar surface area (TPSA) is 26.0 Å². The van der Waals surface area contributed by atoms with Crippen LogP contribution in [0.4, 0.5) is 0 Å². The molecule has 1 aromatic carbocycles. The predicted octanol–water partition coefficient (Wildman–Crippen LogP) is -3.06. The van der Waals surface area contributed by atoms with Crippen molar-refractivity contribution in [2.24, 2.45) is 5.73 Å². The summed E-state index contributed by atoms with van der Waals surface area (Å²) < 4.78 is 1.30. The molecule has 0 heterocycles. The van der Waals surface area contributed by atoms with Crippen molar-refractivity contribution in [3.63, 3.8) is 0 Å². The second-order valence-corrected chi connectivity index (χ2v) is 2.84. The summed E-state index contributed by atoms with van der Waals surface area (Å²) in [4.78, 5) is 0. The summed E-state index contributed by atoms with van der Waals surface area (Å²) in [5.74, 6) is 0. The van der Waals surface area contributed by atoms with Crippen LogP contribution in [0.25, 0.3) is 0 Å². The zero-order valence-corrected chi connectivity index (χ0v) is 7.85. The molecule has 0 aliphatic carbocycles. The molecule has 0 atom stereocenters. The molecule has 0 spiro atoms. The molecule has 0 aliphatic heterocycles. The van der Waals surface area contributed by atoms with E-state index in [4.69, 9.17) is 5.73 Å². The van der Waals surface area contributed by atoms with E-state index in [0.717, 1.165) is 0 Å². The van der Waals surface area contributed by atoms with Gasteiger partial charge in [-0.05, 0) is 0 Å². The maximum atomic E-state index is 5.42. The third kappa shape index (κ3) is 2.88. The molecule has 0 radical (unpaired) electrons. The monoisotopic (exact) mass is 165 g/mol. The van der Waals surface area contributed by atoms with Crippen molar-refractivity contribution < 1.29 is 12.4 Å². The van der Waals surface area contributed by atoms with Gasteiger partial charge in [-0.15, -0.1) is 0 Å². The van der Waals surface area contributed by atoms with E-state index in [-0.39, 0.29) is 12.4 Å². The summed E-state index contributed by atoms with van der Waals surface area (Å²) in [6.07, 6.45) is 0. The Kier molecular flexibility index (Phi) is 5.08. The molecule has 10 heavy (non-hydrogen) atoms. The Morgan fingerprint density at radius 3 is 2.50 bits per heavy atom. The number of rotatable bonds is 1. The molecule has 0 unspecified atom stereocenters. The second-order valence-electron chi connectivity index (χ2n) is 2.02. The first kappa shape index (κ1) is 10.2. The van der Waals surface area contributed by atoms with Gasteiger partial charge in [0.15, 0.2) is 0 Å². The Balaban J connectivity index is 0.000000810. The van der Waals surface area contributed by atoms with Gasteiger partial charge in [0.25, 0.3) is 0 Å². The quantitative estimate of drug-likeness (QED) is 0.440. The van der Waals surface area contributed by atoms with Gasteiger partial charge in [0, 0.05) is 0 Å². The maximum Gasteiger partial charge on any atom is -1.00 e. The summed E-state index contributed by atoms with van der Waals surface area (Å²) in [5, 5.41) is 0. The van der Waals surface area contributed by atoms with Crippen LogP contribution in [0.1, 0.15) is 5.56 Å². The smallest absolute Gasteiger partial charge is 1.00 e. The van der Waals surface area contributed by atoms with Crippen LogP contribution in [0.5, 0.6) is 0 Å². The molecular formula is C7H8ClMgN. The van der Waals surface area contributed by atoms with Gasteiger partial charge >= 0.3 is 67.5 Å². The van der Waals surface area contributed by atoms with Crippen LogP contribution in [-0.4, -0.2) is 21.7 Å². The van der Waals surface area contributed by atoms with Gasteiger partial charge in [-0.1, -0.05) is 0 Å². The van der Waals surface area contributed by atoms with Crippen molar-refractivity contribution in [3.8, 4) is 0 Å². The van der Waals surface area contributed by atoms with Crippen molar-refractivity contribution in [2.45, 2.75) is 6.54 Å². The van der Waals surface area contributed by atoms with Crippen LogP contribution in [0.2, 0.25) is 0 Å². The van der Waals surface area contributed by atoms with E-state index in [2.05, 4.69) is 12.1 Å². The molecule has 0 amide bonds. The Morgan fingerprint density at radius 2 is 2.10 bits per heavy atom. The summed E-state index contributed by atoms with van der Waals surface area (Å²) in [5.41, 5.74) is 6.63. The number of nitrogens with two attached hydrogens (primary N) is 1. The van der Waals surface area contributed by atoms with Crippen molar-refractivity contribution >= 4 is 25.4 Å². The third-order valence-corrected chi connectivity index (χ3v) is 1.67. The molecule has 0 fully saturated rings. The SMILES string of the molecule is NCc1ccc[c]([Mg+])c1.[Cl-]. The average Bonchev–Trinajstić information content (AvgIpc) is 1.88. The van der Waals surface area contributed by atoms with E-state index in [1.807, 2.05) is 33.8 Å². The number of benzene rings is 1. The number of hydrogen-bond donors (Lipinski definition) is 1. The molecule has 1 nitrogen and oxygen atoms in total. The van der Waals surface area contributed by atoms with E-state index < -0.39 is 0 Å². The molecular weight excluding hydrogens is 158 g/mol. The fourth-order valence-corrected chi connectivity index (χ4v) is 1.15. The Hall–Kier alpha value is 0.236. The average molecular weight is 166 g/mol. The molecule has 1 rings (SSSR count). The van der Waals surface area contributed by atoms with Crippen molar-refractivity contribution in [1.82, 2.24) is 0 Å². The van der Waals surface area contributed by atoms with Crippen LogP contribution in [0, 0.1) is 0 Å². The minimum atomic E-state index is 0. The van der Waals surface area contributed by atoms with E-state index >= 15 is 0 Å². The summed E-state index contributed by atoms with van der Waals surface area (Å²) in [6.45, 7) is 0.645. The fraction of sp³-hybridized carbons (Fsp3) is 0.143. The molecule has 0 saturated carbocycles. The zero-order valence-electron chi connectivity index (χ0n) is 5.68. The minimum absolute atomic E-state index is 0. The third-order valence-electron chi connectivity index (χ3n) is 1.23. The van der Waals surface area contributed by atoms with Gasteiger partial charge in [0.2, 0.25) is 0 Å². The van der Waals surface area contributed by atoms with Gasteiger partial charge in [0.05, 0.1) is 0 Å². The fourth-order valence-electron chi connectivity index (χ4n) is 0.757. The summed E-state index contributed by atoms with van der Waals surface area (Å²) in [6, 6.07) is 8.26. The van der Waals surface area contributed by atoms with Gasteiger partial charge in [-0.25, -0.2) is 0 Å². The van der Waals surface area contributed by atoms with E-state index in [0.29, 0.717) is 6.54 Å². The van der Waals surface area contributed by atoms with Crippen LogP contribution < -0.4 is 21.8 Å². The first-order valence-electron chi connectivity index (χ1n) is 2.94. The first-order valence-corrected chi connectivity index (χ1v) is 3.64. The summed E-state index contributed by atoms with van der Waals surface area (Å²) >= 11 is 1.88. The van der Waals surface area contributed by atoms with Gasteiger partial charge in [0.1, 0.15) is 0 Å². The maximum absolute atomic E-state index is 5.42. The summed E-state index contributed by atoms with van der Waals surface area (Å²) in [7, 11) is 0. The normalized spacial score (nSPS) is 8.70. The Bertz CT molecular complexity index is 203. The predicted molar refractivity (Wildman–Crippen MR) is 39.7 cm³/mol. The Labute approximate surface area is 79.8 Å². The molecule has 2 N–H and O–H groups in total. The molecule has 1 aromatic rings. The zero-order chi connectivity index (χ0) is 6.69. The van der Waals surface area contributed by atoms with Crippen LogP contribution in [-0.2, 0) is 6.54 Å². The van der Waals surface area contributed by atoms with Crippen molar-refractivity contribution in [2.75, 3.05) is 0 Å². The van der Waals surface area contributed by atoms with E-state index in [9.17, 15) is 0 Å². The van der Waals surface area contributed by atoms with Gasteiger partial charge in [-0.3, -0.25) is 0 Å².